The van der Waals surface area contributed by atoms with Gasteiger partial charge in [0.05, 0.1) is 0 Å². The highest BCUT2D eigenvalue weighted by atomic mass is 19.4. The third kappa shape index (κ3) is 3.06. The van der Waals surface area contributed by atoms with Gasteiger partial charge in [-0.15, -0.1) is 12.1 Å². The van der Waals surface area contributed by atoms with Gasteiger partial charge in [-0.3, -0.25) is 0 Å². The zero-order valence-electron chi connectivity index (χ0n) is 7.77. The standard InChI is InChI=1S/C8H14BF3N/c1-7-3-4-13(5-7)6-8(2)9(10,11)12/h7H,2-6H2,1H3/q-1. The second-order valence-electron chi connectivity index (χ2n) is 3.86. The Morgan fingerprint density at radius 1 is 1.54 bits per heavy atom. The fraction of sp³-hybridized carbons (Fsp3) is 0.750. The second-order valence-corrected chi connectivity index (χ2v) is 3.86. The van der Waals surface area contributed by atoms with Gasteiger partial charge in [-0.1, -0.05) is 6.92 Å². The largest absolute Gasteiger partial charge is 0.506 e. The third-order valence-electron chi connectivity index (χ3n) is 2.40. The number of hydrogen-bond acceptors (Lipinski definition) is 1. The first-order chi connectivity index (χ1) is 5.89. The van der Waals surface area contributed by atoms with Crippen LogP contribution in [0, 0.1) is 5.92 Å². The summed E-state index contributed by atoms with van der Waals surface area (Å²) in [6.45, 7) is 1.83. The second kappa shape index (κ2) is 3.74. The van der Waals surface area contributed by atoms with E-state index in [9.17, 15) is 12.9 Å². The lowest BCUT2D eigenvalue weighted by Crippen LogP contribution is -2.31. The van der Waals surface area contributed by atoms with Crippen molar-refractivity contribution in [1.82, 2.24) is 4.90 Å². The highest BCUT2D eigenvalue weighted by molar-refractivity contribution is 6.66. The van der Waals surface area contributed by atoms with Gasteiger partial charge in [0.2, 0.25) is 0 Å². The first-order valence-electron chi connectivity index (χ1n) is 4.49. The summed E-state index contributed by atoms with van der Waals surface area (Å²) in [7, 11) is 0. The number of hydrogen-bond donors (Lipinski definition) is 0. The van der Waals surface area contributed by atoms with Crippen molar-refractivity contribution in [2.45, 2.75) is 13.3 Å². The summed E-state index contributed by atoms with van der Waals surface area (Å²) in [5, 5.41) is 0. The number of halogens is 3. The van der Waals surface area contributed by atoms with Gasteiger partial charge in [-0.05, 0) is 25.4 Å². The van der Waals surface area contributed by atoms with Crippen molar-refractivity contribution in [3.8, 4) is 0 Å². The van der Waals surface area contributed by atoms with Crippen molar-refractivity contribution in [3.05, 3.63) is 12.1 Å². The van der Waals surface area contributed by atoms with E-state index in [1.54, 1.807) is 0 Å². The van der Waals surface area contributed by atoms with Crippen LogP contribution in [-0.2, 0) is 0 Å². The Labute approximate surface area is 76.7 Å². The molecular weight excluding hydrogens is 178 g/mol. The molecule has 1 unspecified atom stereocenters. The molecule has 1 saturated heterocycles. The minimum atomic E-state index is -4.84. The molecule has 0 amide bonds. The van der Waals surface area contributed by atoms with Crippen molar-refractivity contribution < 1.29 is 12.9 Å². The first-order valence-corrected chi connectivity index (χ1v) is 4.49. The van der Waals surface area contributed by atoms with Gasteiger partial charge in [0.25, 0.3) is 0 Å². The fourth-order valence-corrected chi connectivity index (χ4v) is 1.56. The normalized spacial score (nSPS) is 25.1. The van der Waals surface area contributed by atoms with Crippen molar-refractivity contribution in [3.63, 3.8) is 0 Å². The van der Waals surface area contributed by atoms with Crippen LogP contribution in [0.5, 0.6) is 0 Å². The van der Waals surface area contributed by atoms with E-state index < -0.39 is 12.4 Å². The summed E-state index contributed by atoms with van der Waals surface area (Å²) in [6, 6.07) is 0. The molecule has 5 heteroatoms. The molecule has 0 aromatic carbocycles. The molecule has 0 aromatic heterocycles. The van der Waals surface area contributed by atoms with Crippen molar-refractivity contribution in [1.29, 1.82) is 0 Å². The van der Waals surface area contributed by atoms with Crippen molar-refractivity contribution in [2.24, 2.45) is 5.92 Å². The van der Waals surface area contributed by atoms with Crippen LogP contribution in [-0.4, -0.2) is 31.5 Å². The topological polar surface area (TPSA) is 3.24 Å². The maximum atomic E-state index is 12.1. The van der Waals surface area contributed by atoms with Crippen LogP contribution >= 0.6 is 0 Å². The highest BCUT2D eigenvalue weighted by Crippen LogP contribution is 2.22. The maximum Gasteiger partial charge on any atom is 0.506 e. The Morgan fingerprint density at radius 3 is 2.54 bits per heavy atom. The molecule has 1 aliphatic heterocycles. The van der Waals surface area contributed by atoms with Gasteiger partial charge in [0.1, 0.15) is 0 Å². The number of rotatable bonds is 3. The quantitative estimate of drug-likeness (QED) is 0.620. The zero-order valence-corrected chi connectivity index (χ0v) is 7.77. The third-order valence-corrected chi connectivity index (χ3v) is 2.40. The molecule has 0 bridgehead atoms. The van der Waals surface area contributed by atoms with Crippen molar-refractivity contribution in [2.75, 3.05) is 19.6 Å². The maximum absolute atomic E-state index is 12.1. The van der Waals surface area contributed by atoms with Crippen LogP contribution in [0.2, 0.25) is 0 Å². The summed E-state index contributed by atoms with van der Waals surface area (Å²) in [6.07, 6.45) is 0.998. The predicted molar refractivity (Wildman–Crippen MR) is 48.4 cm³/mol. The summed E-state index contributed by atoms with van der Waals surface area (Å²) >= 11 is 0. The highest BCUT2D eigenvalue weighted by Gasteiger charge is 2.29. The molecule has 1 heterocycles. The van der Waals surface area contributed by atoms with E-state index in [2.05, 4.69) is 13.5 Å². The molecule has 1 fully saturated rings. The molecule has 0 N–H and O–H groups in total. The Balaban J connectivity index is 2.37. The summed E-state index contributed by atoms with van der Waals surface area (Å²) in [4.78, 5) is 1.82. The summed E-state index contributed by atoms with van der Waals surface area (Å²) in [5.41, 5.74) is -0.575. The summed E-state index contributed by atoms with van der Waals surface area (Å²) < 4.78 is 36.4. The van der Waals surface area contributed by atoms with Crippen LogP contribution in [0.15, 0.2) is 12.1 Å². The summed E-state index contributed by atoms with van der Waals surface area (Å²) in [5.74, 6) is 0.522. The smallest absolute Gasteiger partial charge is 0.445 e. The van der Waals surface area contributed by atoms with Gasteiger partial charge in [0.15, 0.2) is 0 Å². The van der Waals surface area contributed by atoms with Crippen LogP contribution in [0.25, 0.3) is 0 Å². The Kier molecular flexibility index (Phi) is 3.06. The van der Waals surface area contributed by atoms with Crippen LogP contribution in [0.4, 0.5) is 12.9 Å². The Hall–Kier alpha value is -0.445. The molecule has 76 valence electrons. The van der Waals surface area contributed by atoms with Gasteiger partial charge in [-0.25, -0.2) is 0 Å². The molecule has 0 aliphatic carbocycles. The molecule has 0 spiro atoms. The molecule has 1 atom stereocenters. The molecule has 0 aromatic rings. The minimum absolute atomic E-state index is 0.00611. The molecule has 0 saturated carbocycles. The van der Waals surface area contributed by atoms with E-state index in [1.165, 1.54) is 0 Å². The molecule has 0 radical (unpaired) electrons. The van der Waals surface area contributed by atoms with Crippen LogP contribution in [0.3, 0.4) is 0 Å². The van der Waals surface area contributed by atoms with E-state index in [-0.39, 0.29) is 6.54 Å². The molecule has 13 heavy (non-hydrogen) atoms. The van der Waals surface area contributed by atoms with Gasteiger partial charge >= 0.3 is 6.98 Å². The molecular formula is C8H14BF3N-. The average molecular weight is 192 g/mol. The average Bonchev–Trinajstić information content (AvgIpc) is 2.33. The van der Waals surface area contributed by atoms with Gasteiger partial charge in [-0.2, -0.15) is 0 Å². The first kappa shape index (κ1) is 10.6. The lowest BCUT2D eigenvalue weighted by molar-refractivity contribution is 0.351. The number of nitrogens with zero attached hydrogens (tertiary/aromatic N) is 1. The minimum Gasteiger partial charge on any atom is -0.445 e. The van der Waals surface area contributed by atoms with Gasteiger partial charge < -0.3 is 17.8 Å². The Morgan fingerprint density at radius 2 is 2.15 bits per heavy atom. The van der Waals surface area contributed by atoms with Crippen LogP contribution in [0.1, 0.15) is 13.3 Å². The lowest BCUT2D eigenvalue weighted by Gasteiger charge is -2.23. The molecule has 1 rings (SSSR count). The van der Waals surface area contributed by atoms with Gasteiger partial charge in [0, 0.05) is 6.54 Å². The van der Waals surface area contributed by atoms with Crippen LogP contribution < -0.4 is 0 Å². The monoisotopic (exact) mass is 192 g/mol. The zero-order chi connectivity index (χ0) is 10.1. The van der Waals surface area contributed by atoms with E-state index >= 15 is 0 Å². The molecule has 1 nitrogen and oxygen atoms in total. The van der Waals surface area contributed by atoms with E-state index in [0.29, 0.717) is 5.92 Å². The fourth-order valence-electron chi connectivity index (χ4n) is 1.56. The van der Waals surface area contributed by atoms with E-state index in [4.69, 9.17) is 0 Å². The Bertz CT molecular complexity index is 202. The van der Waals surface area contributed by atoms with E-state index in [0.717, 1.165) is 19.5 Å². The molecule has 1 aliphatic rings. The lowest BCUT2D eigenvalue weighted by atomic mass is 9.80. The number of likely N-dealkylation sites (tertiary alicyclic amines) is 1. The van der Waals surface area contributed by atoms with E-state index in [1.807, 2.05) is 4.90 Å². The SMILES string of the molecule is C=C(CN1CCC(C)C1)[B-](F)(F)F. The van der Waals surface area contributed by atoms with Crippen molar-refractivity contribution >= 4 is 6.98 Å². The predicted octanol–water partition coefficient (Wildman–Crippen LogP) is 2.27.